The number of rotatable bonds is 7. The predicted molar refractivity (Wildman–Crippen MR) is 92.6 cm³/mol. The Hall–Kier alpha value is -2.94. The van der Waals surface area contributed by atoms with Gasteiger partial charge < -0.3 is 15.2 Å². The van der Waals surface area contributed by atoms with E-state index in [0.717, 1.165) is 4.88 Å². The number of aromatic carboxylic acids is 1. The van der Waals surface area contributed by atoms with Crippen LogP contribution in [0.15, 0.2) is 24.3 Å². The molecule has 8 nitrogen and oxygen atoms in total. The first kappa shape index (κ1) is 18.4. The second-order valence-electron chi connectivity index (χ2n) is 5.09. The summed E-state index contributed by atoms with van der Waals surface area (Å²) in [5.41, 5.74) is 0.633. The Morgan fingerprint density at radius 1 is 1.40 bits per heavy atom. The lowest BCUT2D eigenvalue weighted by Crippen LogP contribution is -2.21. The van der Waals surface area contributed by atoms with Gasteiger partial charge in [0.1, 0.15) is 10.8 Å². The van der Waals surface area contributed by atoms with E-state index in [1.807, 2.05) is 6.92 Å². The van der Waals surface area contributed by atoms with Gasteiger partial charge in [0.25, 0.3) is 11.6 Å². The molecule has 0 atom stereocenters. The number of benzene rings is 1. The quantitative estimate of drug-likeness (QED) is 0.575. The molecule has 0 radical (unpaired) electrons. The van der Waals surface area contributed by atoms with E-state index in [4.69, 9.17) is 4.74 Å². The summed E-state index contributed by atoms with van der Waals surface area (Å²) in [5, 5.41) is 22.9. The second-order valence-corrected chi connectivity index (χ2v) is 6.32. The molecule has 25 heavy (non-hydrogen) atoms. The SMILES string of the molecule is CCc1c(C)sc(NC(=O)COc2cccc([N+](=O)[O-])c2)c1C(=O)O. The van der Waals surface area contributed by atoms with Gasteiger partial charge in [-0.1, -0.05) is 13.0 Å². The summed E-state index contributed by atoms with van der Waals surface area (Å²) in [7, 11) is 0. The number of thiophene rings is 1. The van der Waals surface area contributed by atoms with Crippen molar-refractivity contribution in [2.45, 2.75) is 20.3 Å². The van der Waals surface area contributed by atoms with Crippen LogP contribution in [0.1, 0.15) is 27.7 Å². The van der Waals surface area contributed by atoms with Gasteiger partial charge >= 0.3 is 5.97 Å². The topological polar surface area (TPSA) is 119 Å². The number of nitrogens with one attached hydrogen (secondary N) is 1. The van der Waals surface area contributed by atoms with Crippen LogP contribution in [-0.2, 0) is 11.2 Å². The number of nitro benzene ring substituents is 1. The zero-order chi connectivity index (χ0) is 18.6. The molecule has 1 aromatic carbocycles. The fraction of sp³-hybridized carbons (Fsp3) is 0.250. The van der Waals surface area contributed by atoms with E-state index in [0.29, 0.717) is 12.0 Å². The average molecular weight is 364 g/mol. The first-order valence-electron chi connectivity index (χ1n) is 7.36. The molecule has 2 rings (SSSR count). The Morgan fingerprint density at radius 2 is 2.12 bits per heavy atom. The van der Waals surface area contributed by atoms with E-state index < -0.39 is 23.4 Å². The number of non-ortho nitro benzene ring substituents is 1. The van der Waals surface area contributed by atoms with Crippen molar-refractivity contribution in [3.05, 3.63) is 50.4 Å². The average Bonchev–Trinajstić information content (AvgIpc) is 2.88. The minimum absolute atomic E-state index is 0.0914. The van der Waals surface area contributed by atoms with Crippen molar-refractivity contribution in [1.29, 1.82) is 0 Å². The van der Waals surface area contributed by atoms with Crippen molar-refractivity contribution >= 4 is 33.9 Å². The summed E-state index contributed by atoms with van der Waals surface area (Å²) in [6, 6.07) is 5.46. The monoisotopic (exact) mass is 364 g/mol. The molecule has 0 bridgehead atoms. The van der Waals surface area contributed by atoms with E-state index >= 15 is 0 Å². The van der Waals surface area contributed by atoms with Crippen LogP contribution in [0.3, 0.4) is 0 Å². The second kappa shape index (κ2) is 7.75. The fourth-order valence-corrected chi connectivity index (χ4v) is 3.47. The van der Waals surface area contributed by atoms with Crippen LogP contribution in [0.5, 0.6) is 5.75 Å². The summed E-state index contributed by atoms with van der Waals surface area (Å²) in [6.45, 7) is 3.25. The molecular weight excluding hydrogens is 348 g/mol. The number of hydrogen-bond donors (Lipinski definition) is 2. The van der Waals surface area contributed by atoms with Crippen LogP contribution in [-0.4, -0.2) is 28.5 Å². The molecule has 0 saturated carbocycles. The van der Waals surface area contributed by atoms with Gasteiger partial charge in [-0.3, -0.25) is 14.9 Å². The minimum Gasteiger partial charge on any atom is -0.484 e. The Balaban J connectivity index is 2.07. The first-order chi connectivity index (χ1) is 11.8. The maximum Gasteiger partial charge on any atom is 0.339 e. The summed E-state index contributed by atoms with van der Waals surface area (Å²) in [5.74, 6) is -1.46. The Labute approximate surface area is 147 Å². The highest BCUT2D eigenvalue weighted by Crippen LogP contribution is 2.33. The predicted octanol–water partition coefficient (Wildman–Crippen LogP) is 3.24. The third kappa shape index (κ3) is 4.32. The van der Waals surface area contributed by atoms with E-state index in [1.54, 1.807) is 6.92 Å². The van der Waals surface area contributed by atoms with Gasteiger partial charge in [0.2, 0.25) is 0 Å². The molecule has 1 heterocycles. The lowest BCUT2D eigenvalue weighted by atomic mass is 10.1. The van der Waals surface area contributed by atoms with Crippen LogP contribution in [0, 0.1) is 17.0 Å². The third-order valence-electron chi connectivity index (χ3n) is 3.43. The van der Waals surface area contributed by atoms with Crippen molar-refractivity contribution in [2.75, 3.05) is 11.9 Å². The Morgan fingerprint density at radius 3 is 2.72 bits per heavy atom. The van der Waals surface area contributed by atoms with Crippen molar-refractivity contribution in [2.24, 2.45) is 0 Å². The molecule has 0 aliphatic heterocycles. The molecule has 1 aromatic heterocycles. The Bertz CT molecular complexity index is 830. The van der Waals surface area contributed by atoms with Crippen LogP contribution in [0.2, 0.25) is 0 Å². The van der Waals surface area contributed by atoms with Gasteiger partial charge in [0.05, 0.1) is 16.6 Å². The lowest BCUT2D eigenvalue weighted by molar-refractivity contribution is -0.384. The molecule has 0 aliphatic carbocycles. The molecule has 0 saturated heterocycles. The normalized spacial score (nSPS) is 10.3. The smallest absolute Gasteiger partial charge is 0.339 e. The molecule has 0 fully saturated rings. The molecular formula is C16H16N2O6S. The van der Waals surface area contributed by atoms with E-state index in [2.05, 4.69) is 5.32 Å². The van der Waals surface area contributed by atoms with Crippen LogP contribution < -0.4 is 10.1 Å². The Kier molecular flexibility index (Phi) is 5.71. The molecule has 0 aliphatic rings. The first-order valence-corrected chi connectivity index (χ1v) is 8.17. The lowest BCUT2D eigenvalue weighted by Gasteiger charge is -2.07. The fourth-order valence-electron chi connectivity index (χ4n) is 2.32. The van der Waals surface area contributed by atoms with E-state index in [9.17, 15) is 24.8 Å². The molecule has 9 heteroatoms. The maximum atomic E-state index is 12.0. The summed E-state index contributed by atoms with van der Waals surface area (Å²) >= 11 is 1.19. The van der Waals surface area contributed by atoms with Crippen molar-refractivity contribution in [3.63, 3.8) is 0 Å². The van der Waals surface area contributed by atoms with Gasteiger partial charge in [-0.25, -0.2) is 4.79 Å². The highest BCUT2D eigenvalue weighted by Gasteiger charge is 2.22. The maximum absolute atomic E-state index is 12.0. The molecule has 2 aromatic rings. The number of hydrogen-bond acceptors (Lipinski definition) is 6. The molecule has 0 spiro atoms. The molecule has 132 valence electrons. The summed E-state index contributed by atoms with van der Waals surface area (Å²) < 4.78 is 5.24. The van der Waals surface area contributed by atoms with E-state index in [-0.39, 0.29) is 22.0 Å². The number of amides is 1. The zero-order valence-electron chi connectivity index (χ0n) is 13.6. The number of nitro groups is 1. The summed E-state index contributed by atoms with van der Waals surface area (Å²) in [4.78, 5) is 34.4. The zero-order valence-corrected chi connectivity index (χ0v) is 14.4. The van der Waals surface area contributed by atoms with Gasteiger partial charge in [0, 0.05) is 10.9 Å². The number of aryl methyl sites for hydroxylation is 1. The van der Waals surface area contributed by atoms with Crippen LogP contribution in [0.4, 0.5) is 10.7 Å². The number of carbonyl (C=O) groups is 2. The van der Waals surface area contributed by atoms with Crippen molar-refractivity contribution < 1.29 is 24.4 Å². The molecule has 1 amide bonds. The third-order valence-corrected chi connectivity index (χ3v) is 4.49. The van der Waals surface area contributed by atoms with Gasteiger partial charge in [-0.05, 0) is 25.0 Å². The summed E-state index contributed by atoms with van der Waals surface area (Å²) in [6.07, 6.45) is 0.546. The van der Waals surface area contributed by atoms with Crippen molar-refractivity contribution in [3.8, 4) is 5.75 Å². The van der Waals surface area contributed by atoms with Gasteiger partial charge in [-0.2, -0.15) is 0 Å². The number of carbonyl (C=O) groups excluding carboxylic acids is 1. The number of carboxylic acid groups (broad SMARTS) is 1. The van der Waals surface area contributed by atoms with Gasteiger partial charge in [0.15, 0.2) is 6.61 Å². The number of nitrogens with zero attached hydrogens (tertiary/aromatic N) is 1. The standard InChI is InChI=1S/C16H16N2O6S/c1-3-12-9(2)25-15(14(12)16(20)21)17-13(19)8-24-11-6-4-5-10(7-11)18(22)23/h4-7H,3,8H2,1-2H3,(H,17,19)(H,20,21). The highest BCUT2D eigenvalue weighted by molar-refractivity contribution is 7.16. The minimum atomic E-state index is -1.10. The largest absolute Gasteiger partial charge is 0.484 e. The van der Waals surface area contributed by atoms with E-state index in [1.165, 1.54) is 35.6 Å². The van der Waals surface area contributed by atoms with Crippen LogP contribution >= 0.6 is 11.3 Å². The van der Waals surface area contributed by atoms with Crippen molar-refractivity contribution in [1.82, 2.24) is 0 Å². The number of anilines is 1. The van der Waals surface area contributed by atoms with Crippen LogP contribution in [0.25, 0.3) is 0 Å². The molecule has 2 N–H and O–H groups in total. The highest BCUT2D eigenvalue weighted by atomic mass is 32.1. The number of ether oxygens (including phenoxy) is 1. The number of carboxylic acids is 1. The van der Waals surface area contributed by atoms with Gasteiger partial charge in [-0.15, -0.1) is 11.3 Å². The molecule has 0 unspecified atom stereocenters.